The van der Waals surface area contributed by atoms with E-state index in [2.05, 4.69) is 36.1 Å². The lowest BCUT2D eigenvalue weighted by molar-refractivity contribution is -0.131. The zero-order valence-electron chi connectivity index (χ0n) is 14.0. The summed E-state index contributed by atoms with van der Waals surface area (Å²) in [6.45, 7) is 4.63. The summed E-state index contributed by atoms with van der Waals surface area (Å²) >= 11 is 0. The molecule has 0 radical (unpaired) electrons. The van der Waals surface area contributed by atoms with Gasteiger partial charge >= 0.3 is 0 Å². The Labute approximate surface area is 146 Å². The van der Waals surface area contributed by atoms with E-state index in [1.807, 2.05) is 6.07 Å². The fourth-order valence-corrected chi connectivity index (χ4v) is 4.28. The van der Waals surface area contributed by atoms with Gasteiger partial charge in [0, 0.05) is 25.4 Å². The van der Waals surface area contributed by atoms with Gasteiger partial charge in [-0.25, -0.2) is 0 Å². The minimum Gasteiger partial charge on any atom is -0.342 e. The number of carbonyl (C=O) groups is 1. The maximum absolute atomic E-state index is 12.6. The second-order valence-corrected chi connectivity index (χ2v) is 7.30. The van der Waals surface area contributed by atoms with Crippen molar-refractivity contribution < 1.29 is 4.79 Å². The van der Waals surface area contributed by atoms with Crippen molar-refractivity contribution in [1.82, 2.24) is 4.90 Å². The number of benzene rings is 1. The molecule has 1 aromatic carbocycles. The maximum atomic E-state index is 12.6. The van der Waals surface area contributed by atoms with Crippen molar-refractivity contribution in [1.29, 1.82) is 0 Å². The van der Waals surface area contributed by atoms with Gasteiger partial charge in [-0.2, -0.15) is 0 Å². The highest BCUT2D eigenvalue weighted by molar-refractivity contribution is 5.85. The van der Waals surface area contributed by atoms with Crippen LogP contribution in [-0.2, 0) is 4.79 Å². The SMILES string of the molecule is CC1CCC(CC(=O)N2C[C@@H](CN)[C@H](c3ccccc3)C2)C1.Cl. The number of nitrogens with two attached hydrogens (primary N) is 1. The van der Waals surface area contributed by atoms with E-state index in [-0.39, 0.29) is 12.4 Å². The van der Waals surface area contributed by atoms with Gasteiger partial charge in [0.25, 0.3) is 0 Å². The molecule has 2 N–H and O–H groups in total. The molecule has 0 bridgehead atoms. The molecule has 1 heterocycles. The molecule has 1 aliphatic carbocycles. The molecule has 0 spiro atoms. The minimum atomic E-state index is 0. The van der Waals surface area contributed by atoms with Crippen LogP contribution in [0.1, 0.15) is 44.1 Å². The molecule has 0 aromatic heterocycles. The largest absolute Gasteiger partial charge is 0.342 e. The number of carbonyl (C=O) groups excluding carboxylic acids is 1. The Kier molecular flexibility index (Phi) is 6.49. The summed E-state index contributed by atoms with van der Waals surface area (Å²) in [6.07, 6.45) is 4.48. The highest BCUT2D eigenvalue weighted by Crippen LogP contribution is 2.35. The minimum absolute atomic E-state index is 0. The topological polar surface area (TPSA) is 46.3 Å². The van der Waals surface area contributed by atoms with Crippen molar-refractivity contribution >= 4 is 18.3 Å². The van der Waals surface area contributed by atoms with Crippen molar-refractivity contribution in [2.75, 3.05) is 19.6 Å². The van der Waals surface area contributed by atoms with Gasteiger partial charge in [-0.1, -0.05) is 43.7 Å². The van der Waals surface area contributed by atoms with Gasteiger partial charge in [0.05, 0.1) is 0 Å². The molecule has 1 saturated carbocycles. The third-order valence-corrected chi connectivity index (χ3v) is 5.59. The molecule has 4 heteroatoms. The number of amides is 1. The monoisotopic (exact) mass is 336 g/mol. The van der Waals surface area contributed by atoms with Crippen LogP contribution in [0.4, 0.5) is 0 Å². The summed E-state index contributed by atoms with van der Waals surface area (Å²) in [7, 11) is 0. The van der Waals surface area contributed by atoms with Crippen LogP contribution in [0, 0.1) is 17.8 Å². The summed E-state index contributed by atoms with van der Waals surface area (Å²) in [5.74, 6) is 2.54. The van der Waals surface area contributed by atoms with E-state index >= 15 is 0 Å². The summed E-state index contributed by atoms with van der Waals surface area (Å²) in [6, 6.07) is 10.5. The number of likely N-dealkylation sites (tertiary alicyclic amines) is 1. The number of hydrogen-bond donors (Lipinski definition) is 1. The summed E-state index contributed by atoms with van der Waals surface area (Å²) in [4.78, 5) is 14.7. The van der Waals surface area contributed by atoms with Crippen molar-refractivity contribution in [2.45, 2.75) is 38.5 Å². The van der Waals surface area contributed by atoms with E-state index in [9.17, 15) is 4.79 Å². The van der Waals surface area contributed by atoms with Crippen LogP contribution in [0.25, 0.3) is 0 Å². The normalized spacial score (nSPS) is 30.3. The molecule has 1 amide bonds. The van der Waals surface area contributed by atoms with Gasteiger partial charge in [-0.3, -0.25) is 4.79 Å². The average Bonchev–Trinajstić information content (AvgIpc) is 3.14. The van der Waals surface area contributed by atoms with Crippen LogP contribution in [0.5, 0.6) is 0 Å². The Morgan fingerprint density at radius 3 is 2.57 bits per heavy atom. The van der Waals surface area contributed by atoms with Gasteiger partial charge in [0.2, 0.25) is 5.91 Å². The van der Waals surface area contributed by atoms with Crippen LogP contribution in [0.15, 0.2) is 30.3 Å². The first-order valence-electron chi connectivity index (χ1n) is 8.70. The molecule has 128 valence electrons. The lowest BCUT2D eigenvalue weighted by Gasteiger charge is -2.19. The van der Waals surface area contributed by atoms with Crippen molar-refractivity contribution in [3.05, 3.63) is 35.9 Å². The third kappa shape index (κ3) is 4.27. The molecule has 4 atom stereocenters. The lowest BCUT2D eigenvalue weighted by atomic mass is 9.89. The fraction of sp³-hybridized carbons (Fsp3) is 0.632. The summed E-state index contributed by atoms with van der Waals surface area (Å²) < 4.78 is 0. The first-order chi connectivity index (χ1) is 10.7. The molecular weight excluding hydrogens is 308 g/mol. The van der Waals surface area contributed by atoms with Gasteiger partial charge in [0.15, 0.2) is 0 Å². The zero-order chi connectivity index (χ0) is 15.5. The molecular formula is C19H29ClN2O. The number of halogens is 1. The maximum Gasteiger partial charge on any atom is 0.222 e. The van der Waals surface area contributed by atoms with Crippen LogP contribution in [0.2, 0.25) is 0 Å². The Bertz CT molecular complexity index is 507. The molecule has 1 aliphatic heterocycles. The number of rotatable bonds is 4. The van der Waals surface area contributed by atoms with Crippen molar-refractivity contribution in [2.24, 2.45) is 23.5 Å². The highest BCUT2D eigenvalue weighted by Gasteiger charge is 2.36. The Morgan fingerprint density at radius 2 is 1.96 bits per heavy atom. The summed E-state index contributed by atoms with van der Waals surface area (Å²) in [5.41, 5.74) is 7.29. The molecule has 3 nitrogen and oxygen atoms in total. The first-order valence-corrected chi connectivity index (χ1v) is 8.70. The summed E-state index contributed by atoms with van der Waals surface area (Å²) in [5, 5.41) is 0. The average molecular weight is 337 g/mol. The number of hydrogen-bond acceptors (Lipinski definition) is 2. The van der Waals surface area contributed by atoms with Gasteiger partial charge < -0.3 is 10.6 Å². The van der Waals surface area contributed by atoms with Crippen molar-refractivity contribution in [3.63, 3.8) is 0 Å². The molecule has 2 unspecified atom stereocenters. The van der Waals surface area contributed by atoms with E-state index in [1.165, 1.54) is 24.8 Å². The smallest absolute Gasteiger partial charge is 0.222 e. The van der Waals surface area contributed by atoms with Crippen LogP contribution in [0.3, 0.4) is 0 Å². The Hall–Kier alpha value is -1.06. The fourth-order valence-electron chi connectivity index (χ4n) is 4.28. The molecule has 2 fully saturated rings. The van der Waals surface area contributed by atoms with Gasteiger partial charge in [-0.05, 0) is 42.7 Å². The van der Waals surface area contributed by atoms with E-state index in [4.69, 9.17) is 5.73 Å². The van der Waals surface area contributed by atoms with Crippen LogP contribution < -0.4 is 5.73 Å². The first kappa shape index (κ1) is 18.3. The predicted octanol–water partition coefficient (Wildman–Crippen LogP) is 3.44. The molecule has 23 heavy (non-hydrogen) atoms. The Morgan fingerprint density at radius 1 is 1.22 bits per heavy atom. The second-order valence-electron chi connectivity index (χ2n) is 7.30. The van der Waals surface area contributed by atoms with Crippen LogP contribution in [-0.4, -0.2) is 30.4 Å². The standard InChI is InChI=1S/C19H28N2O.ClH/c1-14-7-8-15(9-14)10-19(22)21-12-17(11-20)18(13-21)16-5-3-2-4-6-16;/h2-6,14-15,17-18H,7-13,20H2,1H3;1H/t14?,15?,17-,18+;/m1./s1. The molecule has 2 aliphatic rings. The molecule has 1 saturated heterocycles. The second kappa shape index (κ2) is 8.16. The van der Waals surface area contributed by atoms with Crippen molar-refractivity contribution in [3.8, 4) is 0 Å². The number of nitrogens with zero attached hydrogens (tertiary/aromatic N) is 1. The van der Waals surface area contributed by atoms with E-state index in [0.717, 1.165) is 25.4 Å². The third-order valence-electron chi connectivity index (χ3n) is 5.59. The predicted molar refractivity (Wildman–Crippen MR) is 96.7 cm³/mol. The molecule has 3 rings (SSSR count). The molecule has 1 aromatic rings. The Balaban J connectivity index is 0.00000192. The highest BCUT2D eigenvalue weighted by atomic mass is 35.5. The van der Waals surface area contributed by atoms with E-state index in [0.29, 0.717) is 30.2 Å². The van der Waals surface area contributed by atoms with E-state index in [1.54, 1.807) is 0 Å². The van der Waals surface area contributed by atoms with Crippen LogP contribution >= 0.6 is 12.4 Å². The van der Waals surface area contributed by atoms with E-state index < -0.39 is 0 Å². The van der Waals surface area contributed by atoms with Gasteiger partial charge in [-0.15, -0.1) is 12.4 Å². The lowest BCUT2D eigenvalue weighted by Crippen LogP contribution is -2.31. The quantitative estimate of drug-likeness (QED) is 0.915. The van der Waals surface area contributed by atoms with Gasteiger partial charge in [0.1, 0.15) is 0 Å². The zero-order valence-corrected chi connectivity index (χ0v) is 14.8.